The molecule has 0 aromatic heterocycles. The molecule has 2 heteroatoms. The summed E-state index contributed by atoms with van der Waals surface area (Å²) >= 11 is 0. The Bertz CT molecular complexity index is 374. The van der Waals surface area contributed by atoms with Crippen molar-refractivity contribution in [3.05, 3.63) is 29.3 Å². The third kappa shape index (κ3) is 6.42. The molecule has 0 aliphatic carbocycles. The van der Waals surface area contributed by atoms with Crippen LogP contribution in [0.15, 0.2) is 18.2 Å². The number of aryl methyl sites for hydroxylation is 1. The Hall–Kier alpha value is -1.02. The van der Waals surface area contributed by atoms with Crippen LogP contribution in [0.3, 0.4) is 0 Å². The smallest absolute Gasteiger partial charge is 0.121 e. The van der Waals surface area contributed by atoms with Gasteiger partial charge in [-0.05, 0) is 25.0 Å². The van der Waals surface area contributed by atoms with Crippen molar-refractivity contribution in [1.29, 1.82) is 0 Å². The minimum atomic E-state index is -0.532. The maximum Gasteiger partial charge on any atom is 0.121 e. The number of benzene rings is 1. The van der Waals surface area contributed by atoms with Crippen LogP contribution in [0.2, 0.25) is 0 Å². The average molecular weight is 278 g/mol. The molecule has 114 valence electrons. The van der Waals surface area contributed by atoms with E-state index >= 15 is 0 Å². The molecular formula is C18H30O2. The van der Waals surface area contributed by atoms with Gasteiger partial charge in [0.15, 0.2) is 0 Å². The lowest BCUT2D eigenvalue weighted by Crippen LogP contribution is -1.98. The largest absolute Gasteiger partial charge is 0.508 e. The number of rotatable bonds is 10. The van der Waals surface area contributed by atoms with Gasteiger partial charge < -0.3 is 10.2 Å². The minimum absolute atomic E-state index is 0.220. The van der Waals surface area contributed by atoms with Crippen LogP contribution in [0, 0.1) is 6.92 Å². The monoisotopic (exact) mass is 278 g/mol. The molecule has 0 fully saturated rings. The lowest BCUT2D eigenvalue weighted by atomic mass is 10.00. The number of aliphatic hydroxyl groups excluding tert-OH is 1. The summed E-state index contributed by atoms with van der Waals surface area (Å²) in [5.41, 5.74) is 1.68. The van der Waals surface area contributed by atoms with E-state index in [9.17, 15) is 10.2 Å². The van der Waals surface area contributed by atoms with Crippen LogP contribution in [0.1, 0.15) is 81.9 Å². The predicted octanol–water partition coefficient (Wildman–Crippen LogP) is 5.26. The van der Waals surface area contributed by atoms with E-state index in [0.29, 0.717) is 5.56 Å². The molecule has 0 saturated heterocycles. The zero-order valence-corrected chi connectivity index (χ0v) is 13.1. The van der Waals surface area contributed by atoms with E-state index in [2.05, 4.69) is 6.92 Å². The van der Waals surface area contributed by atoms with Crippen molar-refractivity contribution in [2.45, 2.75) is 77.7 Å². The fourth-order valence-corrected chi connectivity index (χ4v) is 2.56. The van der Waals surface area contributed by atoms with Crippen LogP contribution in [0.5, 0.6) is 5.75 Å². The highest BCUT2D eigenvalue weighted by Crippen LogP contribution is 2.28. The van der Waals surface area contributed by atoms with Gasteiger partial charge in [-0.1, -0.05) is 70.4 Å². The first-order valence-corrected chi connectivity index (χ1v) is 8.12. The first kappa shape index (κ1) is 17.0. The minimum Gasteiger partial charge on any atom is -0.508 e. The molecule has 0 saturated carbocycles. The molecule has 0 radical (unpaired) electrons. The molecule has 1 atom stereocenters. The van der Waals surface area contributed by atoms with Crippen molar-refractivity contribution < 1.29 is 10.2 Å². The van der Waals surface area contributed by atoms with Crippen LogP contribution in [0.25, 0.3) is 0 Å². The lowest BCUT2D eigenvalue weighted by molar-refractivity contribution is 0.159. The number of aromatic hydroxyl groups is 1. The van der Waals surface area contributed by atoms with Gasteiger partial charge in [-0.3, -0.25) is 0 Å². The predicted molar refractivity (Wildman–Crippen MR) is 85.0 cm³/mol. The van der Waals surface area contributed by atoms with Crippen molar-refractivity contribution in [3.8, 4) is 5.75 Å². The Morgan fingerprint density at radius 1 is 0.950 bits per heavy atom. The number of phenols is 1. The fraction of sp³-hybridized carbons (Fsp3) is 0.667. The third-order valence-electron chi connectivity index (χ3n) is 3.88. The van der Waals surface area contributed by atoms with E-state index < -0.39 is 6.10 Å². The molecule has 0 bridgehead atoms. The molecule has 2 nitrogen and oxygen atoms in total. The summed E-state index contributed by atoms with van der Waals surface area (Å²) in [6.45, 7) is 4.18. The van der Waals surface area contributed by atoms with Gasteiger partial charge in [0.25, 0.3) is 0 Å². The van der Waals surface area contributed by atoms with Crippen molar-refractivity contribution in [2.24, 2.45) is 0 Å². The van der Waals surface area contributed by atoms with Crippen LogP contribution < -0.4 is 0 Å². The van der Waals surface area contributed by atoms with Gasteiger partial charge in [0.1, 0.15) is 5.75 Å². The molecule has 0 heterocycles. The molecule has 0 aliphatic heterocycles. The summed E-state index contributed by atoms with van der Waals surface area (Å²) in [6.07, 6.45) is 10.3. The maximum atomic E-state index is 10.1. The molecule has 0 aliphatic rings. The fourth-order valence-electron chi connectivity index (χ4n) is 2.56. The molecule has 0 spiro atoms. The van der Waals surface area contributed by atoms with Crippen molar-refractivity contribution in [2.75, 3.05) is 0 Å². The summed E-state index contributed by atoms with van der Waals surface area (Å²) in [5, 5.41) is 19.9. The second-order valence-corrected chi connectivity index (χ2v) is 5.84. The Morgan fingerprint density at radius 2 is 1.55 bits per heavy atom. The van der Waals surface area contributed by atoms with Crippen LogP contribution in [0.4, 0.5) is 0 Å². The van der Waals surface area contributed by atoms with Crippen molar-refractivity contribution in [1.82, 2.24) is 0 Å². The van der Waals surface area contributed by atoms with Crippen LogP contribution in [-0.2, 0) is 0 Å². The number of phenolic OH excluding ortho intramolecular Hbond substituents is 1. The molecular weight excluding hydrogens is 248 g/mol. The third-order valence-corrected chi connectivity index (χ3v) is 3.88. The average Bonchev–Trinajstić information content (AvgIpc) is 2.41. The molecule has 2 N–H and O–H groups in total. The summed E-state index contributed by atoms with van der Waals surface area (Å²) in [6, 6.07) is 5.48. The molecule has 1 aromatic rings. The zero-order chi connectivity index (χ0) is 14.8. The van der Waals surface area contributed by atoms with E-state index in [0.717, 1.165) is 18.4 Å². The maximum absolute atomic E-state index is 10.1. The topological polar surface area (TPSA) is 40.5 Å². The normalized spacial score (nSPS) is 12.6. The highest BCUT2D eigenvalue weighted by Gasteiger charge is 2.11. The number of aliphatic hydroxyl groups is 1. The summed E-state index contributed by atoms with van der Waals surface area (Å²) in [4.78, 5) is 0. The van der Waals surface area contributed by atoms with E-state index in [1.54, 1.807) is 6.07 Å². The van der Waals surface area contributed by atoms with Crippen molar-refractivity contribution in [3.63, 3.8) is 0 Å². The Morgan fingerprint density at radius 3 is 2.15 bits per heavy atom. The second kappa shape index (κ2) is 9.82. The molecule has 1 rings (SSSR count). The SMILES string of the molecule is CCCCCCCCCCC(O)c1ccc(C)cc1O. The Labute approximate surface area is 123 Å². The number of hydrogen-bond donors (Lipinski definition) is 2. The number of hydrogen-bond acceptors (Lipinski definition) is 2. The highest BCUT2D eigenvalue weighted by atomic mass is 16.3. The lowest BCUT2D eigenvalue weighted by Gasteiger charge is -2.13. The quantitative estimate of drug-likeness (QED) is 0.573. The molecule has 1 aromatic carbocycles. The summed E-state index contributed by atoms with van der Waals surface area (Å²) in [7, 11) is 0. The van der Waals surface area contributed by atoms with E-state index in [4.69, 9.17) is 0 Å². The number of unbranched alkanes of at least 4 members (excludes halogenated alkanes) is 7. The second-order valence-electron chi connectivity index (χ2n) is 5.84. The van der Waals surface area contributed by atoms with Gasteiger partial charge in [0.05, 0.1) is 6.10 Å². The Balaban J connectivity index is 2.15. The Kier molecular flexibility index (Phi) is 8.36. The van der Waals surface area contributed by atoms with Gasteiger partial charge in [-0.15, -0.1) is 0 Å². The summed E-state index contributed by atoms with van der Waals surface area (Å²) in [5.74, 6) is 0.220. The van der Waals surface area contributed by atoms with E-state index in [-0.39, 0.29) is 5.75 Å². The van der Waals surface area contributed by atoms with Gasteiger partial charge in [0, 0.05) is 5.56 Å². The van der Waals surface area contributed by atoms with Gasteiger partial charge in [0.2, 0.25) is 0 Å². The van der Waals surface area contributed by atoms with Crippen LogP contribution >= 0.6 is 0 Å². The van der Waals surface area contributed by atoms with Crippen molar-refractivity contribution >= 4 is 0 Å². The first-order chi connectivity index (χ1) is 9.65. The van der Waals surface area contributed by atoms with Gasteiger partial charge in [-0.25, -0.2) is 0 Å². The first-order valence-electron chi connectivity index (χ1n) is 8.12. The van der Waals surface area contributed by atoms with E-state index in [1.165, 1.54) is 44.9 Å². The summed E-state index contributed by atoms with van der Waals surface area (Å²) < 4.78 is 0. The van der Waals surface area contributed by atoms with Gasteiger partial charge >= 0.3 is 0 Å². The molecule has 1 unspecified atom stereocenters. The molecule has 20 heavy (non-hydrogen) atoms. The highest BCUT2D eigenvalue weighted by molar-refractivity contribution is 5.37. The van der Waals surface area contributed by atoms with Crippen LogP contribution in [-0.4, -0.2) is 10.2 Å². The molecule has 0 amide bonds. The zero-order valence-electron chi connectivity index (χ0n) is 13.1. The standard InChI is InChI=1S/C18H30O2/c1-3-4-5-6-7-8-9-10-11-17(19)16-13-12-15(2)14-18(16)20/h12-14,17,19-20H,3-11H2,1-2H3. The van der Waals surface area contributed by atoms with E-state index in [1.807, 2.05) is 19.1 Å². The van der Waals surface area contributed by atoms with Gasteiger partial charge in [-0.2, -0.15) is 0 Å².